The lowest BCUT2D eigenvalue weighted by atomic mass is 10.2. The summed E-state index contributed by atoms with van der Waals surface area (Å²) in [5, 5.41) is 23.8. The summed E-state index contributed by atoms with van der Waals surface area (Å²) < 4.78 is 5.03. The Morgan fingerprint density at radius 2 is 1.74 bits per heavy atom. The number of amides is 1. The van der Waals surface area contributed by atoms with E-state index in [2.05, 4.69) is 10.6 Å². The van der Waals surface area contributed by atoms with Crippen LogP contribution in [0.2, 0.25) is 0 Å². The molecule has 2 aromatic carbocycles. The maximum atomic E-state index is 12.1. The standard InChI is InChI=1S/C17H15N3O3/c1-23-16-8-4-14(5-9-16)20-17(22)12(10-18)11-19-13-2-6-15(21)7-3-13/h2-9,11,19,21H,1H3,(H,20,22)/b12-11-. The minimum atomic E-state index is -0.524. The molecule has 23 heavy (non-hydrogen) atoms. The number of carbonyl (C=O) groups excluding carboxylic acids is 1. The van der Waals surface area contributed by atoms with Gasteiger partial charge in [-0.1, -0.05) is 0 Å². The van der Waals surface area contributed by atoms with E-state index >= 15 is 0 Å². The summed E-state index contributed by atoms with van der Waals surface area (Å²) in [5.74, 6) is 0.286. The first kappa shape index (κ1) is 15.9. The summed E-state index contributed by atoms with van der Waals surface area (Å²) in [6, 6.07) is 14.9. The number of rotatable bonds is 5. The molecule has 6 nitrogen and oxygen atoms in total. The van der Waals surface area contributed by atoms with E-state index in [1.54, 1.807) is 43.5 Å². The van der Waals surface area contributed by atoms with Crippen LogP contribution in [0.1, 0.15) is 0 Å². The Kier molecular flexibility index (Phi) is 5.21. The van der Waals surface area contributed by atoms with E-state index in [4.69, 9.17) is 10.00 Å². The van der Waals surface area contributed by atoms with E-state index in [0.29, 0.717) is 17.1 Å². The number of phenols is 1. The van der Waals surface area contributed by atoms with Crippen molar-refractivity contribution in [2.24, 2.45) is 0 Å². The van der Waals surface area contributed by atoms with Crippen molar-refractivity contribution in [1.29, 1.82) is 5.26 Å². The summed E-state index contributed by atoms with van der Waals surface area (Å²) in [7, 11) is 1.55. The maximum absolute atomic E-state index is 12.1. The number of nitrogens with one attached hydrogen (secondary N) is 2. The van der Waals surface area contributed by atoms with Crippen molar-refractivity contribution >= 4 is 17.3 Å². The molecule has 0 heterocycles. The highest BCUT2D eigenvalue weighted by Crippen LogP contribution is 2.16. The molecule has 0 spiro atoms. The maximum Gasteiger partial charge on any atom is 0.267 e. The van der Waals surface area contributed by atoms with Gasteiger partial charge in [-0.25, -0.2) is 0 Å². The fourth-order valence-corrected chi connectivity index (χ4v) is 1.73. The molecule has 0 saturated carbocycles. The molecule has 0 aliphatic heterocycles. The average molecular weight is 309 g/mol. The third-order valence-corrected chi connectivity index (χ3v) is 2.96. The molecule has 2 rings (SSSR count). The molecule has 0 aliphatic rings. The van der Waals surface area contributed by atoms with E-state index in [0.717, 1.165) is 0 Å². The smallest absolute Gasteiger partial charge is 0.267 e. The monoisotopic (exact) mass is 309 g/mol. The molecule has 0 radical (unpaired) electrons. The molecule has 2 aromatic rings. The fourth-order valence-electron chi connectivity index (χ4n) is 1.73. The second-order valence-corrected chi connectivity index (χ2v) is 4.54. The van der Waals surface area contributed by atoms with E-state index in [9.17, 15) is 9.90 Å². The van der Waals surface area contributed by atoms with Crippen LogP contribution in [0.25, 0.3) is 0 Å². The predicted octanol–water partition coefficient (Wildman–Crippen LogP) is 2.86. The lowest BCUT2D eigenvalue weighted by molar-refractivity contribution is -0.112. The van der Waals surface area contributed by atoms with Gasteiger partial charge in [0.25, 0.3) is 5.91 Å². The number of hydrogen-bond donors (Lipinski definition) is 3. The van der Waals surface area contributed by atoms with Crippen molar-refractivity contribution < 1.29 is 14.6 Å². The van der Waals surface area contributed by atoms with Crippen molar-refractivity contribution in [3.05, 3.63) is 60.3 Å². The quantitative estimate of drug-likeness (QED) is 0.448. The molecule has 0 aliphatic carbocycles. The number of aromatic hydroxyl groups is 1. The zero-order valence-corrected chi connectivity index (χ0v) is 12.4. The number of methoxy groups -OCH3 is 1. The van der Waals surface area contributed by atoms with Gasteiger partial charge in [-0.05, 0) is 48.5 Å². The summed E-state index contributed by atoms with van der Waals surface area (Å²) >= 11 is 0. The minimum absolute atomic E-state index is 0.0751. The molecular weight excluding hydrogens is 294 g/mol. The lowest BCUT2D eigenvalue weighted by Gasteiger charge is -2.06. The van der Waals surface area contributed by atoms with Gasteiger partial charge in [0.05, 0.1) is 7.11 Å². The number of hydrogen-bond acceptors (Lipinski definition) is 5. The van der Waals surface area contributed by atoms with E-state index in [-0.39, 0.29) is 11.3 Å². The number of carbonyl (C=O) groups is 1. The number of ether oxygens (including phenoxy) is 1. The van der Waals surface area contributed by atoms with Gasteiger partial charge < -0.3 is 20.5 Å². The summed E-state index contributed by atoms with van der Waals surface area (Å²) in [5.41, 5.74) is 1.13. The number of anilines is 2. The van der Waals surface area contributed by atoms with E-state index < -0.39 is 5.91 Å². The zero-order chi connectivity index (χ0) is 16.7. The molecular formula is C17H15N3O3. The molecule has 0 aromatic heterocycles. The summed E-state index contributed by atoms with van der Waals surface area (Å²) in [6.07, 6.45) is 1.31. The number of benzene rings is 2. The Hall–Kier alpha value is -3.46. The van der Waals surface area contributed by atoms with Crippen LogP contribution in [-0.2, 0) is 4.79 Å². The Labute approximate surface area is 133 Å². The first-order chi connectivity index (χ1) is 11.1. The zero-order valence-electron chi connectivity index (χ0n) is 12.4. The van der Waals surface area contributed by atoms with Crippen LogP contribution in [0.4, 0.5) is 11.4 Å². The van der Waals surface area contributed by atoms with Gasteiger partial charge in [-0.15, -0.1) is 0 Å². The van der Waals surface area contributed by atoms with Crippen LogP contribution in [-0.4, -0.2) is 18.1 Å². The first-order valence-electron chi connectivity index (χ1n) is 6.73. The summed E-state index contributed by atoms with van der Waals surface area (Å²) in [4.78, 5) is 12.1. The highest BCUT2D eigenvalue weighted by atomic mass is 16.5. The average Bonchev–Trinajstić information content (AvgIpc) is 2.58. The van der Waals surface area contributed by atoms with Gasteiger partial charge in [-0.3, -0.25) is 4.79 Å². The fraction of sp³-hybridized carbons (Fsp3) is 0.0588. The van der Waals surface area contributed by atoms with Gasteiger partial charge in [-0.2, -0.15) is 5.26 Å². The van der Waals surface area contributed by atoms with Crippen LogP contribution < -0.4 is 15.4 Å². The third-order valence-electron chi connectivity index (χ3n) is 2.96. The Balaban J connectivity index is 2.03. The molecule has 0 atom stereocenters. The molecule has 0 bridgehead atoms. The normalized spacial score (nSPS) is 10.5. The molecule has 0 fully saturated rings. The van der Waals surface area contributed by atoms with Gasteiger partial charge in [0.15, 0.2) is 0 Å². The van der Waals surface area contributed by atoms with Crippen LogP contribution in [0.5, 0.6) is 11.5 Å². The lowest BCUT2D eigenvalue weighted by Crippen LogP contribution is -2.14. The molecule has 0 saturated heterocycles. The molecule has 6 heteroatoms. The molecule has 3 N–H and O–H groups in total. The largest absolute Gasteiger partial charge is 0.508 e. The highest BCUT2D eigenvalue weighted by Gasteiger charge is 2.09. The SMILES string of the molecule is COc1ccc(NC(=O)/C(C#N)=C\Nc2ccc(O)cc2)cc1. The van der Waals surface area contributed by atoms with Gasteiger partial charge in [0, 0.05) is 17.6 Å². The number of nitrogens with zero attached hydrogens (tertiary/aromatic N) is 1. The summed E-state index contributed by atoms with van der Waals surface area (Å²) in [6.45, 7) is 0. The van der Waals surface area contributed by atoms with Crippen LogP contribution in [0.3, 0.4) is 0 Å². The number of phenolic OH excluding ortho intramolecular Hbond substituents is 1. The third kappa shape index (κ3) is 4.51. The Morgan fingerprint density at radius 3 is 2.30 bits per heavy atom. The van der Waals surface area contributed by atoms with Crippen molar-refractivity contribution in [3.8, 4) is 17.6 Å². The van der Waals surface area contributed by atoms with Crippen LogP contribution in [0, 0.1) is 11.3 Å². The Bertz CT molecular complexity index is 744. The van der Waals surface area contributed by atoms with Crippen molar-refractivity contribution in [3.63, 3.8) is 0 Å². The van der Waals surface area contributed by atoms with Crippen molar-refractivity contribution in [1.82, 2.24) is 0 Å². The van der Waals surface area contributed by atoms with Crippen LogP contribution >= 0.6 is 0 Å². The minimum Gasteiger partial charge on any atom is -0.508 e. The van der Waals surface area contributed by atoms with Gasteiger partial charge >= 0.3 is 0 Å². The van der Waals surface area contributed by atoms with Gasteiger partial charge in [0.2, 0.25) is 0 Å². The second-order valence-electron chi connectivity index (χ2n) is 4.54. The van der Waals surface area contributed by atoms with E-state index in [1.165, 1.54) is 18.3 Å². The number of nitriles is 1. The van der Waals surface area contributed by atoms with Crippen molar-refractivity contribution in [2.45, 2.75) is 0 Å². The van der Waals surface area contributed by atoms with Crippen molar-refractivity contribution in [2.75, 3.05) is 17.7 Å². The van der Waals surface area contributed by atoms with Gasteiger partial charge in [0.1, 0.15) is 23.1 Å². The molecule has 0 unspecified atom stereocenters. The highest BCUT2D eigenvalue weighted by molar-refractivity contribution is 6.06. The molecule has 1 amide bonds. The molecule has 116 valence electrons. The van der Waals surface area contributed by atoms with E-state index in [1.807, 2.05) is 6.07 Å². The topological polar surface area (TPSA) is 94.4 Å². The first-order valence-corrected chi connectivity index (χ1v) is 6.73. The predicted molar refractivity (Wildman–Crippen MR) is 87.0 cm³/mol. The van der Waals surface area contributed by atoms with Crippen LogP contribution in [0.15, 0.2) is 60.3 Å². The second kappa shape index (κ2) is 7.52. The Morgan fingerprint density at radius 1 is 1.13 bits per heavy atom.